The summed E-state index contributed by atoms with van der Waals surface area (Å²) in [7, 11) is 0. The zero-order valence-corrected chi connectivity index (χ0v) is 12.0. The van der Waals surface area contributed by atoms with Gasteiger partial charge in [0.25, 0.3) is 0 Å². The molecule has 1 unspecified atom stereocenters. The Labute approximate surface area is 123 Å². The lowest BCUT2D eigenvalue weighted by molar-refractivity contribution is 0.470. The molecule has 0 radical (unpaired) electrons. The Hall–Kier alpha value is -1.58. The summed E-state index contributed by atoms with van der Waals surface area (Å²) in [5.74, 6) is 0.834. The molecule has 0 amide bonds. The highest BCUT2D eigenvalue weighted by Crippen LogP contribution is 2.33. The highest BCUT2D eigenvalue weighted by atomic mass is 35.5. The molecule has 1 atom stereocenters. The van der Waals surface area contributed by atoms with Crippen LogP contribution in [0.15, 0.2) is 42.5 Å². The molecule has 2 aromatic carbocycles. The van der Waals surface area contributed by atoms with Crippen LogP contribution in [0.3, 0.4) is 0 Å². The quantitative estimate of drug-likeness (QED) is 0.877. The third kappa shape index (κ3) is 3.71. The molecule has 0 spiro atoms. The van der Waals surface area contributed by atoms with Crippen molar-refractivity contribution in [1.29, 1.82) is 0 Å². The van der Waals surface area contributed by atoms with Crippen LogP contribution in [0.25, 0.3) is 0 Å². The van der Waals surface area contributed by atoms with E-state index in [0.717, 1.165) is 12.0 Å². The van der Waals surface area contributed by atoms with Crippen molar-refractivity contribution in [2.45, 2.75) is 25.8 Å². The molecule has 20 heavy (non-hydrogen) atoms. The Morgan fingerprint density at radius 3 is 2.55 bits per heavy atom. The van der Waals surface area contributed by atoms with E-state index >= 15 is 0 Å². The minimum atomic E-state index is -0.301. The minimum Gasteiger partial charge on any atom is -0.456 e. The molecule has 4 heteroatoms. The van der Waals surface area contributed by atoms with Crippen LogP contribution < -0.4 is 10.5 Å². The van der Waals surface area contributed by atoms with Gasteiger partial charge in [-0.05, 0) is 48.7 Å². The highest BCUT2D eigenvalue weighted by Gasteiger charge is 2.12. The van der Waals surface area contributed by atoms with Crippen LogP contribution in [0.5, 0.6) is 11.5 Å². The van der Waals surface area contributed by atoms with E-state index in [2.05, 4.69) is 0 Å². The molecule has 0 aliphatic rings. The van der Waals surface area contributed by atoms with Gasteiger partial charge >= 0.3 is 0 Å². The second-order valence-electron chi connectivity index (χ2n) is 4.66. The van der Waals surface area contributed by atoms with E-state index in [1.54, 1.807) is 18.2 Å². The number of hydrogen-bond acceptors (Lipinski definition) is 2. The van der Waals surface area contributed by atoms with Crippen molar-refractivity contribution in [3.8, 4) is 11.5 Å². The van der Waals surface area contributed by atoms with Crippen molar-refractivity contribution in [1.82, 2.24) is 0 Å². The van der Waals surface area contributed by atoms with Gasteiger partial charge in [-0.2, -0.15) is 0 Å². The summed E-state index contributed by atoms with van der Waals surface area (Å²) in [6, 6.07) is 11.5. The van der Waals surface area contributed by atoms with Crippen LogP contribution in [-0.4, -0.2) is 6.04 Å². The van der Waals surface area contributed by atoms with Crippen LogP contribution >= 0.6 is 11.6 Å². The third-order valence-corrected chi connectivity index (χ3v) is 3.39. The fraction of sp³-hybridized carbons (Fsp3) is 0.250. The monoisotopic (exact) mass is 293 g/mol. The van der Waals surface area contributed by atoms with Crippen LogP contribution in [0.2, 0.25) is 5.02 Å². The first kappa shape index (κ1) is 14.8. The van der Waals surface area contributed by atoms with E-state index in [9.17, 15) is 4.39 Å². The van der Waals surface area contributed by atoms with E-state index in [4.69, 9.17) is 22.1 Å². The van der Waals surface area contributed by atoms with Crippen LogP contribution in [0.4, 0.5) is 4.39 Å². The average molecular weight is 294 g/mol. The Kier molecular flexibility index (Phi) is 4.99. The number of halogens is 2. The fourth-order valence-corrected chi connectivity index (χ4v) is 2.11. The number of para-hydroxylation sites is 1. The van der Waals surface area contributed by atoms with Crippen LogP contribution in [-0.2, 0) is 6.42 Å². The number of ether oxygens (including phenoxy) is 1. The van der Waals surface area contributed by atoms with E-state index in [0.29, 0.717) is 22.9 Å². The van der Waals surface area contributed by atoms with E-state index in [-0.39, 0.29) is 11.9 Å². The molecule has 106 valence electrons. The first-order chi connectivity index (χ1) is 9.60. The van der Waals surface area contributed by atoms with Crippen LogP contribution in [0.1, 0.15) is 18.9 Å². The molecule has 2 aromatic rings. The zero-order chi connectivity index (χ0) is 14.5. The Morgan fingerprint density at radius 2 is 1.90 bits per heavy atom. The van der Waals surface area contributed by atoms with Crippen molar-refractivity contribution in [3.63, 3.8) is 0 Å². The summed E-state index contributed by atoms with van der Waals surface area (Å²) in [5, 5.41) is 0.523. The van der Waals surface area contributed by atoms with Gasteiger partial charge in [-0.1, -0.05) is 30.7 Å². The standard InChI is InChI=1S/C16H17ClFNO/c1-2-13(19)10-11-4-3-5-15(17)16(11)20-14-8-6-12(18)7-9-14/h3-9,13H,2,10,19H2,1H3. The minimum absolute atomic E-state index is 0.0593. The maximum Gasteiger partial charge on any atom is 0.149 e. The molecule has 0 saturated carbocycles. The largest absolute Gasteiger partial charge is 0.456 e. The topological polar surface area (TPSA) is 35.2 Å². The summed E-state index contributed by atoms with van der Waals surface area (Å²) in [5.41, 5.74) is 6.94. The van der Waals surface area contributed by atoms with Crippen LogP contribution in [0, 0.1) is 5.82 Å². The molecule has 2 nitrogen and oxygen atoms in total. The summed E-state index contributed by atoms with van der Waals surface area (Å²) >= 11 is 6.20. The second kappa shape index (κ2) is 6.73. The zero-order valence-electron chi connectivity index (χ0n) is 11.3. The predicted molar refractivity (Wildman–Crippen MR) is 79.9 cm³/mol. The van der Waals surface area contributed by atoms with Gasteiger partial charge in [0.1, 0.15) is 17.3 Å². The average Bonchev–Trinajstić information content (AvgIpc) is 2.44. The predicted octanol–water partition coefficient (Wildman–Crippen LogP) is 4.55. The summed E-state index contributed by atoms with van der Waals surface area (Å²) < 4.78 is 18.7. The van der Waals surface area contributed by atoms with E-state index in [1.807, 2.05) is 19.1 Å². The lowest BCUT2D eigenvalue weighted by atomic mass is 10.0. The molecule has 2 N–H and O–H groups in total. The maximum absolute atomic E-state index is 12.9. The summed E-state index contributed by atoms with van der Waals surface area (Å²) in [6.07, 6.45) is 1.57. The molecule has 0 heterocycles. The highest BCUT2D eigenvalue weighted by molar-refractivity contribution is 6.32. The summed E-state index contributed by atoms with van der Waals surface area (Å²) in [6.45, 7) is 2.04. The molecular weight excluding hydrogens is 277 g/mol. The lowest BCUT2D eigenvalue weighted by Gasteiger charge is -2.15. The third-order valence-electron chi connectivity index (χ3n) is 3.09. The van der Waals surface area contributed by atoms with Crippen molar-refractivity contribution in [2.24, 2.45) is 5.73 Å². The lowest BCUT2D eigenvalue weighted by Crippen LogP contribution is -2.21. The SMILES string of the molecule is CCC(N)Cc1cccc(Cl)c1Oc1ccc(F)cc1. The fourth-order valence-electron chi connectivity index (χ4n) is 1.88. The molecule has 0 fully saturated rings. The normalized spacial score (nSPS) is 12.2. The number of rotatable bonds is 5. The molecule has 2 rings (SSSR count). The van der Waals surface area contributed by atoms with Crippen molar-refractivity contribution >= 4 is 11.6 Å². The van der Waals surface area contributed by atoms with Crippen molar-refractivity contribution < 1.29 is 9.13 Å². The van der Waals surface area contributed by atoms with Gasteiger partial charge in [-0.3, -0.25) is 0 Å². The molecule has 0 bridgehead atoms. The smallest absolute Gasteiger partial charge is 0.149 e. The molecule has 0 aliphatic carbocycles. The van der Waals surface area contributed by atoms with Gasteiger partial charge in [0.15, 0.2) is 0 Å². The van der Waals surface area contributed by atoms with Crippen molar-refractivity contribution in [3.05, 3.63) is 58.9 Å². The molecule has 0 aliphatic heterocycles. The van der Waals surface area contributed by atoms with Gasteiger partial charge in [0.05, 0.1) is 5.02 Å². The first-order valence-corrected chi connectivity index (χ1v) is 6.94. The Balaban J connectivity index is 2.27. The molecule has 0 saturated heterocycles. The van der Waals surface area contributed by atoms with Crippen molar-refractivity contribution in [2.75, 3.05) is 0 Å². The number of benzene rings is 2. The van der Waals surface area contributed by atoms with Gasteiger partial charge < -0.3 is 10.5 Å². The van der Waals surface area contributed by atoms with Gasteiger partial charge in [-0.25, -0.2) is 4.39 Å². The van der Waals surface area contributed by atoms with Gasteiger partial charge in [-0.15, -0.1) is 0 Å². The van der Waals surface area contributed by atoms with E-state index in [1.165, 1.54) is 12.1 Å². The number of nitrogens with two attached hydrogens (primary N) is 1. The van der Waals surface area contributed by atoms with Gasteiger partial charge in [0.2, 0.25) is 0 Å². The maximum atomic E-state index is 12.9. The van der Waals surface area contributed by atoms with Gasteiger partial charge in [0, 0.05) is 6.04 Å². The van der Waals surface area contributed by atoms with E-state index < -0.39 is 0 Å². The second-order valence-corrected chi connectivity index (χ2v) is 5.06. The number of hydrogen-bond donors (Lipinski definition) is 1. The molecule has 0 aromatic heterocycles. The molecular formula is C16H17ClFNO. The summed E-state index contributed by atoms with van der Waals surface area (Å²) in [4.78, 5) is 0. The Bertz CT molecular complexity index is 571. The first-order valence-electron chi connectivity index (χ1n) is 6.56. The Morgan fingerprint density at radius 1 is 1.20 bits per heavy atom.